The van der Waals surface area contributed by atoms with Gasteiger partial charge in [0.1, 0.15) is 0 Å². The van der Waals surface area contributed by atoms with Gasteiger partial charge in [-0.15, -0.1) is 0 Å². The topological polar surface area (TPSA) is 12.0 Å². The van der Waals surface area contributed by atoms with E-state index < -0.39 is 0 Å². The first-order valence-corrected chi connectivity index (χ1v) is 6.50. The Balaban J connectivity index is 2.13. The van der Waals surface area contributed by atoms with Gasteiger partial charge in [0.25, 0.3) is 0 Å². The maximum Gasteiger partial charge on any atom is 0.0426 e. The highest BCUT2D eigenvalue weighted by Crippen LogP contribution is 2.19. The fourth-order valence-electron chi connectivity index (χ4n) is 2.01. The van der Waals surface area contributed by atoms with Crippen LogP contribution in [0, 0.1) is 20.8 Å². The monoisotopic (exact) mass is 259 g/mol. The molecule has 2 heteroatoms. The molecule has 94 valence electrons. The molecule has 0 heterocycles. The summed E-state index contributed by atoms with van der Waals surface area (Å²) in [6.07, 6.45) is 0. The number of halogens is 1. The zero-order valence-corrected chi connectivity index (χ0v) is 11.8. The van der Waals surface area contributed by atoms with Gasteiger partial charge in [-0.3, -0.25) is 0 Å². The van der Waals surface area contributed by atoms with E-state index in [4.69, 9.17) is 11.6 Å². The van der Waals surface area contributed by atoms with Crippen LogP contribution in [0.3, 0.4) is 0 Å². The van der Waals surface area contributed by atoms with Gasteiger partial charge < -0.3 is 5.32 Å². The second kappa shape index (κ2) is 5.45. The second-order valence-electron chi connectivity index (χ2n) is 4.73. The Morgan fingerprint density at radius 2 is 1.67 bits per heavy atom. The van der Waals surface area contributed by atoms with Crippen molar-refractivity contribution in [3.8, 4) is 0 Å². The van der Waals surface area contributed by atoms with E-state index in [0.717, 1.165) is 17.3 Å². The molecule has 0 bridgehead atoms. The molecule has 0 radical (unpaired) electrons. The van der Waals surface area contributed by atoms with E-state index in [-0.39, 0.29) is 0 Å². The Kier molecular flexibility index (Phi) is 3.93. The summed E-state index contributed by atoms with van der Waals surface area (Å²) in [5.74, 6) is 0. The molecule has 1 nitrogen and oxygen atoms in total. The van der Waals surface area contributed by atoms with Crippen molar-refractivity contribution in [2.75, 3.05) is 5.32 Å². The average Bonchev–Trinajstić information content (AvgIpc) is 2.32. The maximum atomic E-state index is 5.96. The van der Waals surface area contributed by atoms with Crippen LogP contribution in [-0.4, -0.2) is 0 Å². The molecule has 2 aromatic carbocycles. The molecule has 0 aliphatic carbocycles. The molecule has 0 aliphatic rings. The lowest BCUT2D eigenvalue weighted by molar-refractivity contribution is 1.10. The van der Waals surface area contributed by atoms with Crippen molar-refractivity contribution >= 4 is 17.3 Å². The maximum absolute atomic E-state index is 5.96. The molecule has 2 aromatic rings. The number of hydrogen-bond donors (Lipinski definition) is 1. The average molecular weight is 260 g/mol. The van der Waals surface area contributed by atoms with Gasteiger partial charge >= 0.3 is 0 Å². The number of rotatable bonds is 3. The van der Waals surface area contributed by atoms with Gasteiger partial charge in [-0.2, -0.15) is 0 Å². The van der Waals surface area contributed by atoms with Gasteiger partial charge in [0.2, 0.25) is 0 Å². The quantitative estimate of drug-likeness (QED) is 0.829. The molecule has 0 atom stereocenters. The molecule has 0 unspecified atom stereocenters. The summed E-state index contributed by atoms with van der Waals surface area (Å²) < 4.78 is 0. The van der Waals surface area contributed by atoms with Crippen molar-refractivity contribution in [1.82, 2.24) is 0 Å². The third-order valence-electron chi connectivity index (χ3n) is 3.26. The lowest BCUT2D eigenvalue weighted by Crippen LogP contribution is -2.02. The van der Waals surface area contributed by atoms with Gasteiger partial charge in [-0.05, 0) is 61.2 Å². The van der Waals surface area contributed by atoms with Gasteiger partial charge in [-0.1, -0.05) is 29.8 Å². The summed E-state index contributed by atoms with van der Waals surface area (Å²) in [7, 11) is 0. The summed E-state index contributed by atoms with van der Waals surface area (Å²) in [4.78, 5) is 0. The van der Waals surface area contributed by atoms with Gasteiger partial charge in [0, 0.05) is 17.3 Å². The van der Waals surface area contributed by atoms with Crippen molar-refractivity contribution in [1.29, 1.82) is 0 Å². The fourth-order valence-corrected chi connectivity index (χ4v) is 2.20. The number of aryl methyl sites for hydroxylation is 3. The molecular weight excluding hydrogens is 242 g/mol. The molecule has 0 aromatic heterocycles. The van der Waals surface area contributed by atoms with Crippen LogP contribution in [-0.2, 0) is 6.54 Å². The number of hydrogen-bond acceptors (Lipinski definition) is 1. The normalized spacial score (nSPS) is 10.4. The first kappa shape index (κ1) is 13.0. The lowest BCUT2D eigenvalue weighted by atomic mass is 10.0. The SMILES string of the molecule is Cc1cc(C)c(CNc2cccc(Cl)c2)cc1C. The highest BCUT2D eigenvalue weighted by Gasteiger charge is 2.02. The van der Waals surface area contributed by atoms with Crippen molar-refractivity contribution < 1.29 is 0 Å². The molecule has 0 saturated heterocycles. The van der Waals surface area contributed by atoms with Crippen LogP contribution in [0.1, 0.15) is 22.3 Å². The van der Waals surface area contributed by atoms with E-state index in [9.17, 15) is 0 Å². The number of benzene rings is 2. The van der Waals surface area contributed by atoms with Crippen LogP contribution < -0.4 is 5.32 Å². The zero-order valence-electron chi connectivity index (χ0n) is 11.0. The van der Waals surface area contributed by atoms with E-state index in [2.05, 4.69) is 38.2 Å². The standard InChI is InChI=1S/C16H18ClN/c1-11-7-13(3)14(8-12(11)2)10-18-16-6-4-5-15(17)9-16/h4-9,18H,10H2,1-3H3. The smallest absolute Gasteiger partial charge is 0.0426 e. The first-order valence-electron chi connectivity index (χ1n) is 6.12. The highest BCUT2D eigenvalue weighted by molar-refractivity contribution is 6.30. The first-order chi connectivity index (χ1) is 8.56. The summed E-state index contributed by atoms with van der Waals surface area (Å²) >= 11 is 5.96. The molecule has 0 spiro atoms. The van der Waals surface area contributed by atoms with Crippen LogP contribution >= 0.6 is 11.6 Å². The fraction of sp³-hybridized carbons (Fsp3) is 0.250. The van der Waals surface area contributed by atoms with Crippen LogP contribution in [0.25, 0.3) is 0 Å². The van der Waals surface area contributed by atoms with Crippen LogP contribution in [0.5, 0.6) is 0 Å². The van der Waals surface area contributed by atoms with Crippen LogP contribution in [0.15, 0.2) is 36.4 Å². The minimum absolute atomic E-state index is 0.761. The number of nitrogens with one attached hydrogen (secondary N) is 1. The van der Waals surface area contributed by atoms with Gasteiger partial charge in [0.15, 0.2) is 0 Å². The predicted octanol–water partition coefficient (Wildman–Crippen LogP) is 4.88. The molecule has 0 aliphatic heterocycles. The van der Waals surface area contributed by atoms with Gasteiger partial charge in [-0.25, -0.2) is 0 Å². The molecule has 0 saturated carbocycles. The minimum Gasteiger partial charge on any atom is -0.381 e. The van der Waals surface area contributed by atoms with E-state index in [1.165, 1.54) is 22.3 Å². The van der Waals surface area contributed by atoms with Crippen molar-refractivity contribution in [2.45, 2.75) is 27.3 Å². The third kappa shape index (κ3) is 3.05. The minimum atomic E-state index is 0.761. The van der Waals surface area contributed by atoms with Gasteiger partial charge in [0.05, 0.1) is 0 Å². The third-order valence-corrected chi connectivity index (χ3v) is 3.49. The zero-order chi connectivity index (χ0) is 13.1. The molecule has 1 N–H and O–H groups in total. The predicted molar refractivity (Wildman–Crippen MR) is 79.4 cm³/mol. The number of anilines is 1. The van der Waals surface area contributed by atoms with Crippen molar-refractivity contribution in [3.63, 3.8) is 0 Å². The Bertz CT molecular complexity index is 561. The van der Waals surface area contributed by atoms with Crippen LogP contribution in [0.2, 0.25) is 5.02 Å². The summed E-state index contributed by atoms with van der Waals surface area (Å²) in [5, 5.41) is 4.17. The van der Waals surface area contributed by atoms with Crippen molar-refractivity contribution in [3.05, 3.63) is 63.7 Å². The van der Waals surface area contributed by atoms with Crippen LogP contribution in [0.4, 0.5) is 5.69 Å². The highest BCUT2D eigenvalue weighted by atomic mass is 35.5. The van der Waals surface area contributed by atoms with E-state index in [0.29, 0.717) is 0 Å². The lowest BCUT2D eigenvalue weighted by Gasteiger charge is -2.12. The van der Waals surface area contributed by atoms with Crippen molar-refractivity contribution in [2.24, 2.45) is 0 Å². The Morgan fingerprint density at radius 3 is 2.39 bits per heavy atom. The summed E-state index contributed by atoms with van der Waals surface area (Å²) in [5.41, 5.74) is 6.40. The molecule has 18 heavy (non-hydrogen) atoms. The molecule has 0 fully saturated rings. The summed E-state index contributed by atoms with van der Waals surface area (Å²) in [6, 6.07) is 12.3. The van der Waals surface area contributed by atoms with E-state index in [1.54, 1.807) is 0 Å². The Morgan fingerprint density at radius 1 is 0.944 bits per heavy atom. The van der Waals surface area contributed by atoms with E-state index in [1.807, 2.05) is 24.3 Å². The van der Waals surface area contributed by atoms with E-state index >= 15 is 0 Å². The molecule has 0 amide bonds. The molecule has 2 rings (SSSR count). The molecular formula is C16H18ClN. The second-order valence-corrected chi connectivity index (χ2v) is 5.16. The largest absolute Gasteiger partial charge is 0.381 e. The summed E-state index contributed by atoms with van der Waals surface area (Å²) in [6.45, 7) is 7.28. The Hall–Kier alpha value is -1.47. The Labute approximate surface area is 114 Å².